The average molecular weight is 375 g/mol. The molecule has 5 heteroatoms. The first-order valence-electron chi connectivity index (χ1n) is 9.27. The third-order valence-electron chi connectivity index (χ3n) is 4.65. The summed E-state index contributed by atoms with van der Waals surface area (Å²) in [6.45, 7) is 4.07. The zero-order chi connectivity index (χ0) is 19.9. The molecule has 5 nitrogen and oxygen atoms in total. The van der Waals surface area contributed by atoms with Crippen LogP contribution in [-0.2, 0) is 13.0 Å². The second-order valence-corrected chi connectivity index (χ2v) is 6.91. The number of carbonyl (C=O) groups is 1. The van der Waals surface area contributed by atoms with E-state index < -0.39 is 5.91 Å². The molecule has 2 aromatic carbocycles. The summed E-state index contributed by atoms with van der Waals surface area (Å²) >= 11 is 0. The maximum atomic E-state index is 11.1. The summed E-state index contributed by atoms with van der Waals surface area (Å²) in [5.41, 5.74) is 9.51. The maximum Gasteiger partial charge on any atom is 0.250 e. The lowest BCUT2D eigenvalue weighted by molar-refractivity contribution is 0.1000. The number of aromatic nitrogens is 1. The Kier molecular flexibility index (Phi) is 6.40. The van der Waals surface area contributed by atoms with Gasteiger partial charge in [-0.1, -0.05) is 36.4 Å². The molecule has 0 aliphatic carbocycles. The standard InChI is InChI=1S/C23H25N3O2/c1-17-5-3-4-6-20(17)16-26(2)14-13-18-7-10-21(11-8-18)28-22-12-9-19(15-25-22)23(24)27/h3-12,15H,13-14,16H2,1-2H3,(H2,24,27). The van der Waals surface area contributed by atoms with Gasteiger partial charge in [-0.3, -0.25) is 4.79 Å². The van der Waals surface area contributed by atoms with Crippen molar-refractivity contribution in [3.8, 4) is 11.6 Å². The van der Waals surface area contributed by atoms with E-state index in [1.807, 2.05) is 12.1 Å². The van der Waals surface area contributed by atoms with Gasteiger partial charge in [0.25, 0.3) is 0 Å². The first kappa shape index (κ1) is 19.6. The van der Waals surface area contributed by atoms with E-state index >= 15 is 0 Å². The Bertz CT molecular complexity index is 921. The number of benzene rings is 2. The molecule has 0 atom stereocenters. The zero-order valence-electron chi connectivity index (χ0n) is 16.3. The van der Waals surface area contributed by atoms with E-state index in [1.165, 1.54) is 22.9 Å². The number of nitrogens with two attached hydrogens (primary N) is 1. The van der Waals surface area contributed by atoms with Gasteiger partial charge in [0.2, 0.25) is 11.8 Å². The van der Waals surface area contributed by atoms with Crippen LogP contribution in [0.15, 0.2) is 66.9 Å². The van der Waals surface area contributed by atoms with Gasteiger partial charge in [-0.2, -0.15) is 0 Å². The number of hydrogen-bond acceptors (Lipinski definition) is 4. The van der Waals surface area contributed by atoms with Crippen molar-refractivity contribution in [2.24, 2.45) is 5.73 Å². The van der Waals surface area contributed by atoms with E-state index in [4.69, 9.17) is 10.5 Å². The molecule has 0 aliphatic heterocycles. The number of amides is 1. The first-order chi connectivity index (χ1) is 13.5. The van der Waals surface area contributed by atoms with Gasteiger partial charge < -0.3 is 15.4 Å². The normalized spacial score (nSPS) is 10.8. The Labute approximate surface area is 165 Å². The molecule has 0 fully saturated rings. The van der Waals surface area contributed by atoms with E-state index in [0.717, 1.165) is 19.5 Å². The topological polar surface area (TPSA) is 68.5 Å². The number of primary amides is 1. The molecule has 0 aliphatic rings. The summed E-state index contributed by atoms with van der Waals surface area (Å²) in [6, 6.07) is 19.7. The van der Waals surface area contributed by atoms with Crippen LogP contribution in [0.4, 0.5) is 0 Å². The summed E-state index contributed by atoms with van der Waals surface area (Å²) in [6.07, 6.45) is 2.38. The number of ether oxygens (including phenoxy) is 1. The SMILES string of the molecule is Cc1ccccc1CN(C)CCc1ccc(Oc2ccc(C(N)=O)cn2)cc1. The average Bonchev–Trinajstić information content (AvgIpc) is 2.70. The smallest absolute Gasteiger partial charge is 0.250 e. The number of hydrogen-bond donors (Lipinski definition) is 1. The molecular formula is C23H25N3O2. The third kappa shape index (κ3) is 5.41. The van der Waals surface area contributed by atoms with Gasteiger partial charge in [-0.05, 0) is 55.3 Å². The van der Waals surface area contributed by atoms with Gasteiger partial charge in [0, 0.05) is 25.4 Å². The monoisotopic (exact) mass is 375 g/mol. The van der Waals surface area contributed by atoms with Crippen molar-refractivity contribution >= 4 is 5.91 Å². The van der Waals surface area contributed by atoms with Crippen LogP contribution >= 0.6 is 0 Å². The van der Waals surface area contributed by atoms with Crippen LogP contribution in [-0.4, -0.2) is 29.4 Å². The second kappa shape index (κ2) is 9.15. The van der Waals surface area contributed by atoms with Gasteiger partial charge in [-0.25, -0.2) is 4.98 Å². The van der Waals surface area contributed by atoms with Gasteiger partial charge in [0.15, 0.2) is 0 Å². The summed E-state index contributed by atoms with van der Waals surface area (Å²) in [5.74, 6) is 0.628. The lowest BCUT2D eigenvalue weighted by Gasteiger charge is -2.18. The van der Waals surface area contributed by atoms with Crippen molar-refractivity contribution in [1.82, 2.24) is 9.88 Å². The van der Waals surface area contributed by atoms with E-state index in [-0.39, 0.29) is 0 Å². The van der Waals surface area contributed by atoms with Gasteiger partial charge in [0.05, 0.1) is 5.56 Å². The molecule has 3 rings (SSSR count). The van der Waals surface area contributed by atoms with Crippen molar-refractivity contribution in [3.05, 3.63) is 89.1 Å². The minimum absolute atomic E-state index is 0.359. The van der Waals surface area contributed by atoms with E-state index in [1.54, 1.807) is 12.1 Å². The Morgan fingerprint density at radius 1 is 1.07 bits per heavy atom. The molecule has 3 aromatic rings. The third-order valence-corrected chi connectivity index (χ3v) is 4.65. The summed E-state index contributed by atoms with van der Waals surface area (Å²) in [4.78, 5) is 17.5. The highest BCUT2D eigenvalue weighted by Gasteiger charge is 2.05. The fraction of sp³-hybridized carbons (Fsp3) is 0.217. The molecule has 0 radical (unpaired) electrons. The number of rotatable bonds is 8. The van der Waals surface area contributed by atoms with E-state index in [2.05, 4.69) is 60.3 Å². The van der Waals surface area contributed by atoms with Gasteiger partial charge >= 0.3 is 0 Å². The van der Waals surface area contributed by atoms with Crippen LogP contribution in [0, 0.1) is 6.92 Å². The Balaban J connectivity index is 1.51. The molecule has 0 saturated heterocycles. The van der Waals surface area contributed by atoms with Gasteiger partial charge in [-0.15, -0.1) is 0 Å². The zero-order valence-corrected chi connectivity index (χ0v) is 16.3. The predicted octanol–water partition coefficient (Wildman–Crippen LogP) is 3.96. The largest absolute Gasteiger partial charge is 0.439 e. The van der Waals surface area contributed by atoms with Crippen LogP contribution in [0.2, 0.25) is 0 Å². The lowest BCUT2D eigenvalue weighted by atomic mass is 10.1. The number of pyridine rings is 1. The van der Waals surface area contributed by atoms with E-state index in [9.17, 15) is 4.79 Å². The molecule has 0 bridgehead atoms. The number of aryl methyl sites for hydroxylation is 1. The van der Waals surface area contributed by atoms with Crippen LogP contribution in [0.1, 0.15) is 27.0 Å². The number of likely N-dealkylation sites (N-methyl/N-ethyl adjacent to an activating group) is 1. The maximum absolute atomic E-state index is 11.1. The number of carbonyl (C=O) groups excluding carboxylic acids is 1. The lowest BCUT2D eigenvalue weighted by Crippen LogP contribution is -2.21. The van der Waals surface area contributed by atoms with Crippen molar-refractivity contribution in [1.29, 1.82) is 0 Å². The first-order valence-corrected chi connectivity index (χ1v) is 9.27. The Morgan fingerprint density at radius 2 is 1.82 bits per heavy atom. The molecule has 0 saturated carbocycles. The van der Waals surface area contributed by atoms with Crippen molar-refractivity contribution in [3.63, 3.8) is 0 Å². The minimum Gasteiger partial charge on any atom is -0.439 e. The van der Waals surface area contributed by atoms with Gasteiger partial charge in [0.1, 0.15) is 5.75 Å². The molecule has 28 heavy (non-hydrogen) atoms. The fourth-order valence-electron chi connectivity index (χ4n) is 2.91. The fourth-order valence-corrected chi connectivity index (χ4v) is 2.91. The van der Waals surface area contributed by atoms with E-state index in [0.29, 0.717) is 17.2 Å². The predicted molar refractivity (Wildman–Crippen MR) is 110 cm³/mol. The molecule has 1 amide bonds. The highest BCUT2D eigenvalue weighted by molar-refractivity contribution is 5.92. The molecule has 0 spiro atoms. The molecule has 1 aromatic heterocycles. The highest BCUT2D eigenvalue weighted by atomic mass is 16.5. The Hall–Kier alpha value is -3.18. The van der Waals surface area contributed by atoms with Crippen LogP contribution in [0.5, 0.6) is 11.6 Å². The second-order valence-electron chi connectivity index (χ2n) is 6.91. The van der Waals surface area contributed by atoms with Crippen molar-refractivity contribution < 1.29 is 9.53 Å². The molecule has 1 heterocycles. The highest BCUT2D eigenvalue weighted by Crippen LogP contribution is 2.20. The van der Waals surface area contributed by atoms with Crippen molar-refractivity contribution in [2.75, 3.05) is 13.6 Å². The minimum atomic E-state index is -0.504. The molecular weight excluding hydrogens is 350 g/mol. The molecule has 2 N–H and O–H groups in total. The van der Waals surface area contributed by atoms with Crippen LogP contribution in [0.25, 0.3) is 0 Å². The van der Waals surface area contributed by atoms with Crippen molar-refractivity contribution in [2.45, 2.75) is 19.9 Å². The quantitative estimate of drug-likeness (QED) is 0.647. The molecule has 144 valence electrons. The summed E-state index contributed by atoms with van der Waals surface area (Å²) in [7, 11) is 2.14. The van der Waals surface area contributed by atoms with Crippen LogP contribution < -0.4 is 10.5 Å². The summed E-state index contributed by atoms with van der Waals surface area (Å²) in [5, 5.41) is 0. The summed E-state index contributed by atoms with van der Waals surface area (Å²) < 4.78 is 5.71. The number of nitrogens with zero attached hydrogens (tertiary/aromatic N) is 2. The Morgan fingerprint density at radius 3 is 2.46 bits per heavy atom. The molecule has 0 unspecified atom stereocenters. The van der Waals surface area contributed by atoms with Crippen LogP contribution in [0.3, 0.4) is 0 Å².